The highest BCUT2D eigenvalue weighted by molar-refractivity contribution is 5.92. The second-order valence-corrected chi connectivity index (χ2v) is 5.47. The number of aryl methyl sites for hydroxylation is 2. The number of methoxy groups -OCH3 is 1. The fourth-order valence-electron chi connectivity index (χ4n) is 2.05. The zero-order valence-corrected chi connectivity index (χ0v) is 16.7. The normalized spacial score (nSPS) is 9.65. The van der Waals surface area contributed by atoms with Crippen LogP contribution >= 0.6 is 24.8 Å². The van der Waals surface area contributed by atoms with E-state index in [1.54, 1.807) is 19.4 Å². The average Bonchev–Trinajstić information content (AvgIpc) is 2.55. The van der Waals surface area contributed by atoms with Crippen LogP contribution in [0.1, 0.15) is 11.1 Å². The molecule has 0 aliphatic heterocycles. The van der Waals surface area contributed by atoms with Gasteiger partial charge in [-0.1, -0.05) is 6.07 Å². The second-order valence-electron chi connectivity index (χ2n) is 5.47. The summed E-state index contributed by atoms with van der Waals surface area (Å²) in [5.74, 6) is 1.08. The van der Waals surface area contributed by atoms with E-state index in [9.17, 15) is 4.79 Å². The number of rotatable bonds is 8. The molecule has 0 bridgehead atoms. The van der Waals surface area contributed by atoms with Crippen LogP contribution in [0.25, 0.3) is 0 Å². The number of carbonyl (C=O) groups excluding carboxylic acids is 1. The maximum Gasteiger partial charge on any atom is 0.238 e. The minimum Gasteiger partial charge on any atom is -0.439 e. The van der Waals surface area contributed by atoms with E-state index >= 15 is 0 Å². The van der Waals surface area contributed by atoms with Gasteiger partial charge in [0.1, 0.15) is 5.75 Å². The Balaban J connectivity index is 0.00000312. The van der Waals surface area contributed by atoms with Gasteiger partial charge in [0.05, 0.1) is 13.2 Å². The molecular weight excluding hydrogens is 377 g/mol. The molecule has 1 aromatic carbocycles. The van der Waals surface area contributed by atoms with Gasteiger partial charge in [0.2, 0.25) is 11.8 Å². The molecule has 0 atom stereocenters. The number of anilines is 1. The number of nitrogens with one attached hydrogen (secondary N) is 2. The Morgan fingerprint density at radius 3 is 2.62 bits per heavy atom. The van der Waals surface area contributed by atoms with E-state index < -0.39 is 0 Å². The molecule has 1 heterocycles. The van der Waals surface area contributed by atoms with Crippen LogP contribution in [0.5, 0.6) is 11.6 Å². The average molecular weight is 402 g/mol. The maximum atomic E-state index is 11.9. The summed E-state index contributed by atoms with van der Waals surface area (Å²) in [5.41, 5.74) is 2.72. The van der Waals surface area contributed by atoms with Crippen molar-refractivity contribution in [2.24, 2.45) is 0 Å². The van der Waals surface area contributed by atoms with Crippen LogP contribution in [0.2, 0.25) is 0 Å². The second kappa shape index (κ2) is 12.5. The number of hydrogen-bond donors (Lipinski definition) is 2. The predicted molar refractivity (Wildman–Crippen MR) is 108 cm³/mol. The van der Waals surface area contributed by atoms with Gasteiger partial charge in [-0.05, 0) is 37.1 Å². The Hall–Kier alpha value is -1.86. The number of carbonyl (C=O) groups is 1. The van der Waals surface area contributed by atoms with Crippen molar-refractivity contribution < 1.29 is 14.3 Å². The molecular formula is C18H25Cl2N3O3. The lowest BCUT2D eigenvalue weighted by Gasteiger charge is -2.11. The summed E-state index contributed by atoms with van der Waals surface area (Å²) >= 11 is 0. The molecule has 0 saturated heterocycles. The van der Waals surface area contributed by atoms with Crippen molar-refractivity contribution in [3.05, 3.63) is 47.7 Å². The van der Waals surface area contributed by atoms with Crippen molar-refractivity contribution in [3.8, 4) is 11.6 Å². The molecule has 1 aromatic heterocycles. The minimum atomic E-state index is -0.116. The van der Waals surface area contributed by atoms with E-state index in [0.717, 1.165) is 11.1 Å². The lowest BCUT2D eigenvalue weighted by molar-refractivity contribution is -0.115. The molecule has 2 N–H and O–H groups in total. The summed E-state index contributed by atoms with van der Waals surface area (Å²) in [6.45, 7) is 5.36. The fourth-order valence-corrected chi connectivity index (χ4v) is 2.05. The van der Waals surface area contributed by atoms with Crippen LogP contribution in [-0.4, -0.2) is 37.7 Å². The molecule has 6 nitrogen and oxygen atoms in total. The molecule has 0 aliphatic rings. The molecule has 1 amide bonds. The van der Waals surface area contributed by atoms with E-state index in [2.05, 4.69) is 15.6 Å². The number of aromatic nitrogens is 1. The van der Waals surface area contributed by atoms with Crippen molar-refractivity contribution >= 4 is 36.4 Å². The third kappa shape index (κ3) is 8.01. The number of hydrogen-bond acceptors (Lipinski definition) is 5. The van der Waals surface area contributed by atoms with E-state index in [4.69, 9.17) is 9.47 Å². The molecule has 0 aliphatic carbocycles. The van der Waals surface area contributed by atoms with Gasteiger partial charge in [-0.3, -0.25) is 4.79 Å². The van der Waals surface area contributed by atoms with Gasteiger partial charge < -0.3 is 20.1 Å². The van der Waals surface area contributed by atoms with Gasteiger partial charge in [0.15, 0.2) is 0 Å². The molecule has 0 unspecified atom stereocenters. The molecule has 2 aromatic rings. The van der Waals surface area contributed by atoms with Crippen LogP contribution in [-0.2, 0) is 9.53 Å². The molecule has 8 heteroatoms. The van der Waals surface area contributed by atoms with Crippen molar-refractivity contribution in [2.45, 2.75) is 13.8 Å². The number of benzene rings is 1. The first kappa shape index (κ1) is 24.1. The quantitative estimate of drug-likeness (QED) is 0.662. The van der Waals surface area contributed by atoms with Gasteiger partial charge >= 0.3 is 0 Å². The van der Waals surface area contributed by atoms with Crippen LogP contribution in [0.15, 0.2) is 36.5 Å². The zero-order chi connectivity index (χ0) is 17.4. The highest BCUT2D eigenvalue weighted by Crippen LogP contribution is 2.27. The highest BCUT2D eigenvalue weighted by Gasteiger charge is 2.07. The molecule has 0 fully saturated rings. The Kier molecular flexibility index (Phi) is 11.6. The minimum absolute atomic E-state index is 0. The standard InChI is InChI=1S/C18H23N3O3.2ClH/c1-13-6-7-20-18(10-13)24-16-11-15(5-4-14(16)2)21-17(22)12-19-8-9-23-3;;/h4-7,10-11,19H,8-9,12H2,1-3H3,(H,21,22);2*1H. The smallest absolute Gasteiger partial charge is 0.238 e. The summed E-state index contributed by atoms with van der Waals surface area (Å²) in [6.07, 6.45) is 1.71. The largest absolute Gasteiger partial charge is 0.439 e. The molecule has 2 rings (SSSR count). The van der Waals surface area contributed by atoms with E-state index in [1.807, 2.05) is 38.1 Å². The van der Waals surface area contributed by atoms with E-state index in [1.165, 1.54) is 0 Å². The molecule has 144 valence electrons. The fraction of sp³-hybridized carbons (Fsp3) is 0.333. The zero-order valence-electron chi connectivity index (χ0n) is 15.1. The van der Waals surface area contributed by atoms with Crippen LogP contribution in [0.3, 0.4) is 0 Å². The number of pyridine rings is 1. The SMILES string of the molecule is COCCNCC(=O)Nc1ccc(C)c(Oc2cc(C)ccn2)c1.Cl.Cl. The third-order valence-corrected chi connectivity index (χ3v) is 3.35. The molecule has 0 spiro atoms. The topological polar surface area (TPSA) is 72.5 Å². The van der Waals surface area contributed by atoms with Crippen LogP contribution in [0, 0.1) is 13.8 Å². The van der Waals surface area contributed by atoms with Gasteiger partial charge in [0, 0.05) is 37.7 Å². The van der Waals surface area contributed by atoms with Crippen molar-refractivity contribution in [1.82, 2.24) is 10.3 Å². The molecule has 0 radical (unpaired) electrons. The number of nitrogens with zero attached hydrogens (tertiary/aromatic N) is 1. The lowest BCUT2D eigenvalue weighted by atomic mass is 10.2. The summed E-state index contributed by atoms with van der Waals surface area (Å²) in [6, 6.07) is 9.32. The lowest BCUT2D eigenvalue weighted by Crippen LogP contribution is -2.30. The summed E-state index contributed by atoms with van der Waals surface area (Å²) in [5, 5.41) is 5.84. The first-order valence-corrected chi connectivity index (χ1v) is 7.79. The first-order chi connectivity index (χ1) is 11.6. The van der Waals surface area contributed by atoms with Crippen molar-refractivity contribution in [2.75, 3.05) is 32.1 Å². The van der Waals surface area contributed by atoms with Gasteiger partial charge in [-0.25, -0.2) is 4.98 Å². The van der Waals surface area contributed by atoms with Gasteiger partial charge in [0.25, 0.3) is 0 Å². The number of amides is 1. The summed E-state index contributed by atoms with van der Waals surface area (Å²) < 4.78 is 10.7. The van der Waals surface area contributed by atoms with Crippen molar-refractivity contribution in [1.29, 1.82) is 0 Å². The maximum absolute atomic E-state index is 11.9. The third-order valence-electron chi connectivity index (χ3n) is 3.35. The van der Waals surface area contributed by atoms with Gasteiger partial charge in [-0.15, -0.1) is 24.8 Å². The predicted octanol–water partition coefficient (Wildman–Crippen LogP) is 3.51. The molecule has 0 saturated carbocycles. The van der Waals surface area contributed by atoms with Crippen molar-refractivity contribution in [3.63, 3.8) is 0 Å². The highest BCUT2D eigenvalue weighted by atomic mass is 35.5. The summed E-state index contributed by atoms with van der Waals surface area (Å²) in [4.78, 5) is 16.1. The van der Waals surface area contributed by atoms with Crippen LogP contribution < -0.4 is 15.4 Å². The van der Waals surface area contributed by atoms with E-state index in [-0.39, 0.29) is 37.3 Å². The van der Waals surface area contributed by atoms with E-state index in [0.29, 0.717) is 30.5 Å². The Morgan fingerprint density at radius 1 is 1.15 bits per heavy atom. The van der Waals surface area contributed by atoms with Crippen LogP contribution in [0.4, 0.5) is 5.69 Å². The Morgan fingerprint density at radius 2 is 1.92 bits per heavy atom. The summed E-state index contributed by atoms with van der Waals surface area (Å²) in [7, 11) is 1.62. The van der Waals surface area contributed by atoms with Gasteiger partial charge in [-0.2, -0.15) is 0 Å². The Labute approximate surface area is 166 Å². The molecule has 26 heavy (non-hydrogen) atoms. The first-order valence-electron chi connectivity index (χ1n) is 7.79. The number of ether oxygens (including phenoxy) is 2. The number of halogens is 2. The monoisotopic (exact) mass is 401 g/mol. The Bertz CT molecular complexity index is 699.